The lowest BCUT2D eigenvalue weighted by atomic mass is 10.0. The van der Waals surface area contributed by atoms with Crippen molar-refractivity contribution in [1.29, 1.82) is 0 Å². The number of hydrogen-bond donors (Lipinski definition) is 3. The van der Waals surface area contributed by atoms with E-state index in [4.69, 9.17) is 9.84 Å². The molecule has 0 aliphatic carbocycles. The Kier molecular flexibility index (Phi) is 4.89. The second-order valence-electron chi connectivity index (χ2n) is 5.74. The van der Waals surface area contributed by atoms with Crippen LogP contribution in [0.4, 0.5) is 4.39 Å². The van der Waals surface area contributed by atoms with Gasteiger partial charge in [0.25, 0.3) is 0 Å². The first kappa shape index (κ1) is 16.6. The Balaban J connectivity index is 1.65. The van der Waals surface area contributed by atoms with Crippen LogP contribution in [0.15, 0.2) is 48.5 Å². The maximum Gasteiger partial charge on any atom is 0.323 e. The molecule has 24 heavy (non-hydrogen) atoms. The van der Waals surface area contributed by atoms with Gasteiger partial charge < -0.3 is 14.9 Å². The van der Waals surface area contributed by atoms with Crippen LogP contribution in [0.25, 0.3) is 11.1 Å². The van der Waals surface area contributed by atoms with Crippen molar-refractivity contribution >= 4 is 5.97 Å². The molecule has 0 saturated carbocycles. The molecule has 1 saturated heterocycles. The summed E-state index contributed by atoms with van der Waals surface area (Å²) in [7, 11) is 0. The number of hydrogen-bond acceptors (Lipinski definition) is 4. The Bertz CT molecular complexity index is 722. The van der Waals surface area contributed by atoms with Gasteiger partial charge >= 0.3 is 5.97 Å². The molecule has 0 bridgehead atoms. The Morgan fingerprint density at radius 2 is 2.00 bits per heavy atom. The summed E-state index contributed by atoms with van der Waals surface area (Å²) < 4.78 is 19.8. The molecular formula is C18H18FNO4. The monoisotopic (exact) mass is 331 g/mol. The van der Waals surface area contributed by atoms with Gasteiger partial charge in [-0.25, -0.2) is 4.39 Å². The summed E-state index contributed by atoms with van der Waals surface area (Å²) in [5.74, 6) is -1.47. The van der Waals surface area contributed by atoms with Gasteiger partial charge in [0, 0.05) is 12.1 Å². The maximum absolute atomic E-state index is 14.3. The second-order valence-corrected chi connectivity index (χ2v) is 5.74. The lowest BCUT2D eigenvalue weighted by Gasteiger charge is -2.17. The molecule has 1 fully saturated rings. The van der Waals surface area contributed by atoms with E-state index in [0.717, 1.165) is 5.56 Å². The first-order chi connectivity index (χ1) is 11.6. The summed E-state index contributed by atoms with van der Waals surface area (Å²) in [5, 5.41) is 21.5. The van der Waals surface area contributed by atoms with E-state index >= 15 is 0 Å². The van der Waals surface area contributed by atoms with E-state index in [2.05, 4.69) is 5.32 Å². The molecule has 0 radical (unpaired) electrons. The van der Waals surface area contributed by atoms with Crippen molar-refractivity contribution in [2.75, 3.05) is 6.54 Å². The molecule has 6 heteroatoms. The highest BCUT2D eigenvalue weighted by molar-refractivity contribution is 5.75. The minimum absolute atomic E-state index is 0.0989. The van der Waals surface area contributed by atoms with E-state index < -0.39 is 24.2 Å². The summed E-state index contributed by atoms with van der Waals surface area (Å²) in [5.41, 5.74) is 1.92. The van der Waals surface area contributed by atoms with E-state index in [9.17, 15) is 14.3 Å². The number of carbonyl (C=O) groups is 1. The minimum atomic E-state index is -1.13. The number of carboxylic acid groups (broad SMARTS) is 1. The SMILES string of the molecule is O=C(O)[C@@H]1NC[C@H](OCc2ccc(-c3ccccc3)c(F)c2)[C@H]1O. The topological polar surface area (TPSA) is 78.8 Å². The summed E-state index contributed by atoms with van der Waals surface area (Å²) in [4.78, 5) is 10.9. The molecule has 5 nitrogen and oxygen atoms in total. The standard InChI is InChI=1S/C18H18FNO4/c19-14-8-11(6-7-13(14)12-4-2-1-3-5-12)10-24-15-9-20-16(17(15)21)18(22)23/h1-8,15-17,20-21H,9-10H2,(H,22,23)/t15-,16+,17+/m0/s1. The number of aliphatic carboxylic acids is 1. The molecule has 2 aromatic carbocycles. The Morgan fingerprint density at radius 1 is 1.25 bits per heavy atom. The summed E-state index contributed by atoms with van der Waals surface area (Å²) in [6, 6.07) is 13.0. The van der Waals surface area contributed by atoms with E-state index in [1.54, 1.807) is 12.1 Å². The average molecular weight is 331 g/mol. The number of rotatable bonds is 5. The highest BCUT2D eigenvalue weighted by Crippen LogP contribution is 2.24. The smallest absolute Gasteiger partial charge is 0.323 e. The van der Waals surface area contributed by atoms with Crippen molar-refractivity contribution < 1.29 is 24.1 Å². The van der Waals surface area contributed by atoms with Crippen LogP contribution in [0, 0.1) is 5.82 Å². The number of aliphatic hydroxyl groups excluding tert-OH is 1. The number of carboxylic acids is 1. The third-order valence-corrected chi connectivity index (χ3v) is 4.11. The van der Waals surface area contributed by atoms with Crippen LogP contribution in [0.2, 0.25) is 0 Å². The van der Waals surface area contributed by atoms with Crippen molar-refractivity contribution in [3.05, 3.63) is 59.9 Å². The van der Waals surface area contributed by atoms with E-state index in [0.29, 0.717) is 11.1 Å². The highest BCUT2D eigenvalue weighted by atomic mass is 19.1. The largest absolute Gasteiger partial charge is 0.480 e. The molecule has 2 aromatic rings. The highest BCUT2D eigenvalue weighted by Gasteiger charge is 2.39. The minimum Gasteiger partial charge on any atom is -0.480 e. The van der Waals surface area contributed by atoms with Gasteiger partial charge in [-0.15, -0.1) is 0 Å². The number of ether oxygens (including phenoxy) is 1. The van der Waals surface area contributed by atoms with Crippen LogP contribution in [-0.4, -0.2) is 41.0 Å². The Labute approximate surface area is 138 Å². The van der Waals surface area contributed by atoms with Gasteiger partial charge in [-0.1, -0.05) is 42.5 Å². The molecular weight excluding hydrogens is 313 g/mol. The predicted molar refractivity (Wildman–Crippen MR) is 85.8 cm³/mol. The van der Waals surface area contributed by atoms with Crippen molar-refractivity contribution in [3.63, 3.8) is 0 Å². The lowest BCUT2D eigenvalue weighted by Crippen LogP contribution is -2.40. The first-order valence-corrected chi connectivity index (χ1v) is 7.66. The molecule has 0 aromatic heterocycles. The fourth-order valence-corrected chi connectivity index (χ4v) is 2.79. The van der Waals surface area contributed by atoms with E-state index in [-0.39, 0.29) is 19.0 Å². The average Bonchev–Trinajstić information content (AvgIpc) is 2.95. The molecule has 126 valence electrons. The zero-order valence-electron chi connectivity index (χ0n) is 12.9. The van der Waals surface area contributed by atoms with E-state index in [1.807, 2.05) is 30.3 Å². The normalized spacial score (nSPS) is 23.3. The fourth-order valence-electron chi connectivity index (χ4n) is 2.79. The lowest BCUT2D eigenvalue weighted by molar-refractivity contribution is -0.142. The van der Waals surface area contributed by atoms with Gasteiger partial charge in [-0.05, 0) is 17.2 Å². The molecule has 1 aliphatic heterocycles. The summed E-state index contributed by atoms with van der Waals surface area (Å²) in [6.45, 7) is 0.338. The fraction of sp³-hybridized carbons (Fsp3) is 0.278. The number of nitrogens with one attached hydrogen (secondary N) is 1. The number of aliphatic hydroxyl groups is 1. The van der Waals surface area contributed by atoms with E-state index in [1.165, 1.54) is 6.07 Å². The second kappa shape index (κ2) is 7.09. The first-order valence-electron chi connectivity index (χ1n) is 7.66. The molecule has 3 atom stereocenters. The third kappa shape index (κ3) is 3.46. The van der Waals surface area contributed by atoms with Gasteiger partial charge in [-0.2, -0.15) is 0 Å². The number of benzene rings is 2. The molecule has 1 aliphatic rings. The molecule has 1 heterocycles. The Morgan fingerprint density at radius 3 is 2.62 bits per heavy atom. The quantitative estimate of drug-likeness (QED) is 0.779. The molecule has 0 amide bonds. The van der Waals surface area contributed by atoms with Crippen LogP contribution in [0.5, 0.6) is 0 Å². The van der Waals surface area contributed by atoms with Crippen LogP contribution in [0.3, 0.4) is 0 Å². The van der Waals surface area contributed by atoms with Crippen LogP contribution < -0.4 is 5.32 Å². The van der Waals surface area contributed by atoms with Gasteiger partial charge in [0.15, 0.2) is 0 Å². The summed E-state index contributed by atoms with van der Waals surface area (Å²) >= 11 is 0. The number of halogens is 1. The van der Waals surface area contributed by atoms with Crippen molar-refractivity contribution in [1.82, 2.24) is 5.32 Å². The van der Waals surface area contributed by atoms with Crippen molar-refractivity contribution in [2.45, 2.75) is 24.9 Å². The van der Waals surface area contributed by atoms with Crippen molar-refractivity contribution in [3.8, 4) is 11.1 Å². The summed E-state index contributed by atoms with van der Waals surface area (Å²) in [6.07, 6.45) is -1.76. The van der Waals surface area contributed by atoms with Crippen LogP contribution in [0.1, 0.15) is 5.56 Å². The Hall–Kier alpha value is -2.28. The zero-order chi connectivity index (χ0) is 17.1. The van der Waals surface area contributed by atoms with Gasteiger partial charge in [0.2, 0.25) is 0 Å². The molecule has 3 rings (SSSR count). The maximum atomic E-state index is 14.3. The molecule has 0 spiro atoms. The van der Waals surface area contributed by atoms with Crippen molar-refractivity contribution in [2.24, 2.45) is 0 Å². The third-order valence-electron chi connectivity index (χ3n) is 4.11. The molecule has 3 N–H and O–H groups in total. The molecule has 0 unspecified atom stereocenters. The zero-order valence-corrected chi connectivity index (χ0v) is 12.9. The predicted octanol–water partition coefficient (Wildman–Crippen LogP) is 1.80. The van der Waals surface area contributed by atoms with Gasteiger partial charge in [-0.3, -0.25) is 10.1 Å². The van der Waals surface area contributed by atoms with Crippen LogP contribution >= 0.6 is 0 Å². The van der Waals surface area contributed by atoms with Gasteiger partial charge in [0.1, 0.15) is 18.0 Å². The van der Waals surface area contributed by atoms with Crippen LogP contribution in [-0.2, 0) is 16.1 Å². The van der Waals surface area contributed by atoms with Gasteiger partial charge in [0.05, 0.1) is 12.7 Å².